The lowest BCUT2D eigenvalue weighted by molar-refractivity contribution is -0.117. The van der Waals surface area contributed by atoms with Crippen molar-refractivity contribution in [3.05, 3.63) is 84.2 Å². The Morgan fingerprint density at radius 2 is 1.73 bits per heavy atom. The van der Waals surface area contributed by atoms with Gasteiger partial charge in [-0.1, -0.05) is 18.2 Å². The van der Waals surface area contributed by atoms with Gasteiger partial charge < -0.3 is 20.0 Å². The predicted molar refractivity (Wildman–Crippen MR) is 124 cm³/mol. The number of hydrogen-bond donors (Lipinski definition) is 2. The smallest absolute Gasteiger partial charge is 0.267 e. The first-order valence-electron chi connectivity index (χ1n) is 10.8. The second-order valence-electron chi connectivity index (χ2n) is 7.53. The largest absolute Gasteiger partial charge is 0.465 e. The van der Waals surface area contributed by atoms with Gasteiger partial charge in [-0.25, -0.2) is 9.97 Å². The molecule has 1 aliphatic heterocycles. The van der Waals surface area contributed by atoms with E-state index in [1.54, 1.807) is 54.9 Å². The molecule has 0 bridgehead atoms. The van der Waals surface area contributed by atoms with E-state index in [4.69, 9.17) is 4.42 Å². The minimum Gasteiger partial charge on any atom is -0.465 e. The van der Waals surface area contributed by atoms with Gasteiger partial charge in [-0.15, -0.1) is 0 Å². The first kappa shape index (κ1) is 22.2. The van der Waals surface area contributed by atoms with Crippen molar-refractivity contribution in [1.29, 1.82) is 0 Å². The van der Waals surface area contributed by atoms with Gasteiger partial charge in [0.1, 0.15) is 11.5 Å². The van der Waals surface area contributed by atoms with Gasteiger partial charge in [-0.3, -0.25) is 14.5 Å². The molecule has 9 heteroatoms. The number of amides is 2. The lowest BCUT2D eigenvalue weighted by Gasteiger charge is -2.34. The molecule has 0 atom stereocenters. The van der Waals surface area contributed by atoms with Crippen molar-refractivity contribution in [3.63, 3.8) is 0 Å². The monoisotopic (exact) mass is 446 g/mol. The molecule has 1 aromatic carbocycles. The standard InChI is InChI=1S/C24H26N6O3/c31-22(19-6-2-1-3-7-19)28-21(18-20-8-4-17-33-20)23(32)25-11-12-29-13-15-30(16-14-29)24-26-9-5-10-27-24/h1-10,17-18H,11-16H2,(H,25,32)(H,28,31). The maximum absolute atomic E-state index is 12.8. The van der Waals surface area contributed by atoms with Gasteiger partial charge >= 0.3 is 0 Å². The molecule has 0 spiro atoms. The second-order valence-corrected chi connectivity index (χ2v) is 7.53. The third-order valence-electron chi connectivity index (χ3n) is 5.28. The van der Waals surface area contributed by atoms with Crippen LogP contribution in [0.25, 0.3) is 6.08 Å². The van der Waals surface area contributed by atoms with E-state index in [9.17, 15) is 9.59 Å². The molecule has 0 saturated carbocycles. The van der Waals surface area contributed by atoms with E-state index < -0.39 is 0 Å². The van der Waals surface area contributed by atoms with E-state index in [-0.39, 0.29) is 17.5 Å². The molecule has 1 aliphatic rings. The van der Waals surface area contributed by atoms with E-state index in [1.165, 1.54) is 12.3 Å². The van der Waals surface area contributed by atoms with E-state index in [0.717, 1.165) is 32.1 Å². The number of hydrogen-bond acceptors (Lipinski definition) is 7. The average Bonchev–Trinajstić information content (AvgIpc) is 3.38. The first-order valence-corrected chi connectivity index (χ1v) is 10.8. The second kappa shape index (κ2) is 11.1. The molecular weight excluding hydrogens is 420 g/mol. The van der Waals surface area contributed by atoms with Crippen molar-refractivity contribution in [2.45, 2.75) is 0 Å². The summed E-state index contributed by atoms with van der Waals surface area (Å²) in [5.74, 6) is 0.495. The Labute approximate surface area is 192 Å². The molecule has 2 aromatic heterocycles. The molecule has 0 unspecified atom stereocenters. The lowest BCUT2D eigenvalue weighted by Crippen LogP contribution is -2.49. The number of nitrogens with one attached hydrogen (secondary N) is 2. The van der Waals surface area contributed by atoms with Gasteiger partial charge in [-0.2, -0.15) is 0 Å². The quantitative estimate of drug-likeness (QED) is 0.509. The summed E-state index contributed by atoms with van der Waals surface area (Å²) in [7, 11) is 0. The molecule has 33 heavy (non-hydrogen) atoms. The molecule has 2 amide bonds. The van der Waals surface area contributed by atoms with Crippen LogP contribution in [-0.2, 0) is 4.79 Å². The summed E-state index contributed by atoms with van der Waals surface area (Å²) in [4.78, 5) is 38.4. The van der Waals surface area contributed by atoms with Crippen molar-refractivity contribution in [1.82, 2.24) is 25.5 Å². The minimum atomic E-state index is -0.369. The van der Waals surface area contributed by atoms with Crippen LogP contribution < -0.4 is 15.5 Å². The van der Waals surface area contributed by atoms with Crippen LogP contribution in [0.15, 0.2) is 77.3 Å². The maximum atomic E-state index is 12.8. The number of aromatic nitrogens is 2. The van der Waals surface area contributed by atoms with Gasteiger partial charge in [0.25, 0.3) is 11.8 Å². The van der Waals surface area contributed by atoms with Gasteiger partial charge in [0.2, 0.25) is 5.95 Å². The van der Waals surface area contributed by atoms with E-state index in [2.05, 4.69) is 30.4 Å². The zero-order valence-electron chi connectivity index (χ0n) is 18.2. The Hall–Kier alpha value is -3.98. The summed E-state index contributed by atoms with van der Waals surface area (Å²) < 4.78 is 5.32. The van der Waals surface area contributed by atoms with Crippen LogP contribution in [0.1, 0.15) is 16.1 Å². The van der Waals surface area contributed by atoms with Crippen LogP contribution in [0.3, 0.4) is 0 Å². The van der Waals surface area contributed by atoms with Crippen LogP contribution in [0.2, 0.25) is 0 Å². The summed E-state index contributed by atoms with van der Waals surface area (Å²) in [6, 6.07) is 14.0. The lowest BCUT2D eigenvalue weighted by atomic mass is 10.2. The molecule has 4 rings (SSSR count). The van der Waals surface area contributed by atoms with Crippen LogP contribution >= 0.6 is 0 Å². The average molecular weight is 447 g/mol. The van der Waals surface area contributed by atoms with Crippen molar-refractivity contribution in [2.75, 3.05) is 44.2 Å². The Morgan fingerprint density at radius 1 is 0.970 bits per heavy atom. The molecule has 1 saturated heterocycles. The molecule has 0 radical (unpaired) electrons. The predicted octanol–water partition coefficient (Wildman–Crippen LogP) is 1.78. The van der Waals surface area contributed by atoms with E-state index in [0.29, 0.717) is 24.4 Å². The zero-order chi connectivity index (χ0) is 22.9. The topological polar surface area (TPSA) is 104 Å². The molecule has 0 aliphatic carbocycles. The van der Waals surface area contributed by atoms with E-state index >= 15 is 0 Å². The van der Waals surface area contributed by atoms with E-state index in [1.807, 2.05) is 6.07 Å². The summed E-state index contributed by atoms with van der Waals surface area (Å²) in [6.45, 7) is 4.53. The van der Waals surface area contributed by atoms with Crippen molar-refractivity contribution in [3.8, 4) is 0 Å². The Morgan fingerprint density at radius 3 is 2.42 bits per heavy atom. The Kier molecular flexibility index (Phi) is 7.44. The number of nitrogens with zero attached hydrogens (tertiary/aromatic N) is 4. The summed E-state index contributed by atoms with van der Waals surface area (Å²) >= 11 is 0. The fourth-order valence-electron chi connectivity index (χ4n) is 3.51. The normalized spacial score (nSPS) is 14.7. The van der Waals surface area contributed by atoms with Crippen LogP contribution in [0, 0.1) is 0 Å². The third-order valence-corrected chi connectivity index (χ3v) is 5.28. The molecule has 2 N–H and O–H groups in total. The molecule has 1 fully saturated rings. The van der Waals surface area contributed by atoms with Crippen LogP contribution in [0.5, 0.6) is 0 Å². The van der Waals surface area contributed by atoms with Gasteiger partial charge in [0.15, 0.2) is 0 Å². The Balaban J connectivity index is 1.29. The molecule has 9 nitrogen and oxygen atoms in total. The molecular formula is C24H26N6O3. The van der Waals surface area contributed by atoms with Gasteiger partial charge in [0.05, 0.1) is 6.26 Å². The minimum absolute atomic E-state index is 0.129. The summed E-state index contributed by atoms with van der Waals surface area (Å²) in [5.41, 5.74) is 0.598. The Bertz CT molecular complexity index is 1060. The van der Waals surface area contributed by atoms with Crippen molar-refractivity contribution in [2.24, 2.45) is 0 Å². The first-order chi connectivity index (χ1) is 16.2. The molecule has 170 valence electrons. The van der Waals surface area contributed by atoms with Crippen molar-refractivity contribution >= 4 is 23.8 Å². The highest BCUT2D eigenvalue weighted by molar-refractivity contribution is 6.05. The van der Waals surface area contributed by atoms with Gasteiger partial charge in [0, 0.05) is 63.3 Å². The van der Waals surface area contributed by atoms with Crippen LogP contribution in [0.4, 0.5) is 5.95 Å². The van der Waals surface area contributed by atoms with Gasteiger partial charge in [-0.05, 0) is 30.3 Å². The number of piperazine rings is 1. The number of carbonyl (C=O) groups excluding carboxylic acids is 2. The summed E-state index contributed by atoms with van der Waals surface area (Å²) in [6.07, 6.45) is 6.53. The zero-order valence-corrected chi connectivity index (χ0v) is 18.2. The maximum Gasteiger partial charge on any atom is 0.267 e. The number of rotatable bonds is 8. The highest BCUT2D eigenvalue weighted by Crippen LogP contribution is 2.10. The number of carbonyl (C=O) groups is 2. The number of benzene rings is 1. The fraction of sp³-hybridized carbons (Fsp3) is 0.250. The molecule has 3 aromatic rings. The number of furan rings is 1. The van der Waals surface area contributed by atoms with Crippen molar-refractivity contribution < 1.29 is 14.0 Å². The number of anilines is 1. The molecule has 3 heterocycles. The SMILES string of the molecule is O=C(NCCN1CCN(c2ncccn2)CC1)C(=Cc1ccco1)NC(=O)c1ccccc1. The summed E-state index contributed by atoms with van der Waals surface area (Å²) in [5, 5.41) is 5.60. The highest BCUT2D eigenvalue weighted by Gasteiger charge is 2.19. The third kappa shape index (κ3) is 6.27. The van der Waals surface area contributed by atoms with Crippen LogP contribution in [-0.4, -0.2) is 66.0 Å². The highest BCUT2D eigenvalue weighted by atomic mass is 16.3. The fourth-order valence-corrected chi connectivity index (χ4v) is 3.51.